The van der Waals surface area contributed by atoms with Gasteiger partial charge in [0.25, 0.3) is 5.91 Å². The van der Waals surface area contributed by atoms with Crippen molar-refractivity contribution in [2.24, 2.45) is 5.73 Å². The summed E-state index contributed by atoms with van der Waals surface area (Å²) in [7, 11) is 0. The third kappa shape index (κ3) is 4.06. The molecule has 0 radical (unpaired) electrons. The van der Waals surface area contributed by atoms with Crippen LogP contribution in [0.5, 0.6) is 0 Å². The first kappa shape index (κ1) is 12.9. The molecule has 1 heterocycles. The van der Waals surface area contributed by atoms with Gasteiger partial charge in [0.2, 0.25) is 5.91 Å². The molecule has 17 heavy (non-hydrogen) atoms. The van der Waals surface area contributed by atoms with Crippen molar-refractivity contribution in [3.8, 4) is 0 Å². The van der Waals surface area contributed by atoms with Gasteiger partial charge in [-0.15, -0.1) is 6.58 Å². The molecule has 0 aliphatic rings. The molecule has 0 aliphatic heterocycles. The van der Waals surface area contributed by atoms with Crippen molar-refractivity contribution < 1.29 is 9.59 Å². The van der Waals surface area contributed by atoms with E-state index in [9.17, 15) is 9.59 Å². The van der Waals surface area contributed by atoms with Crippen LogP contribution in [0.15, 0.2) is 37.2 Å². The Kier molecular flexibility index (Phi) is 4.87. The lowest BCUT2D eigenvalue weighted by atomic mass is 10.1. The van der Waals surface area contributed by atoms with Crippen LogP contribution in [0.4, 0.5) is 0 Å². The van der Waals surface area contributed by atoms with E-state index in [0.717, 1.165) is 0 Å². The largest absolute Gasteiger partial charge is 0.368 e. The number of hydrogen-bond donors (Lipinski definition) is 2. The summed E-state index contributed by atoms with van der Waals surface area (Å²) in [5.74, 6) is -0.880. The van der Waals surface area contributed by atoms with Crippen LogP contribution in [0.25, 0.3) is 0 Å². The van der Waals surface area contributed by atoms with Crippen molar-refractivity contribution in [1.29, 1.82) is 0 Å². The Morgan fingerprint density at radius 1 is 1.47 bits per heavy atom. The standard InChI is InChI=1S/C12H15N3O2/c1-2-3-4-10(11(13)16)15-12(17)9-5-7-14-8-6-9/h2,5-8,10H,1,3-4H2,(H2,13,16)(H,15,17)/t10-/m0/s1. The number of pyridine rings is 1. The highest BCUT2D eigenvalue weighted by Gasteiger charge is 2.17. The minimum absolute atomic E-state index is 0.333. The second-order valence-corrected chi connectivity index (χ2v) is 3.53. The first-order valence-electron chi connectivity index (χ1n) is 5.26. The second kappa shape index (κ2) is 6.42. The Bertz CT molecular complexity index is 403. The van der Waals surface area contributed by atoms with E-state index >= 15 is 0 Å². The van der Waals surface area contributed by atoms with E-state index in [0.29, 0.717) is 18.4 Å². The molecule has 0 aromatic carbocycles. The summed E-state index contributed by atoms with van der Waals surface area (Å²) in [5, 5.41) is 2.58. The van der Waals surface area contributed by atoms with Gasteiger partial charge in [-0.25, -0.2) is 0 Å². The summed E-state index contributed by atoms with van der Waals surface area (Å²) >= 11 is 0. The number of rotatable bonds is 6. The number of allylic oxidation sites excluding steroid dienone is 1. The van der Waals surface area contributed by atoms with E-state index in [1.165, 1.54) is 12.4 Å². The fourth-order valence-electron chi connectivity index (χ4n) is 1.31. The number of amides is 2. The summed E-state index contributed by atoms with van der Waals surface area (Å²) in [6.45, 7) is 3.56. The topological polar surface area (TPSA) is 85.1 Å². The number of carbonyl (C=O) groups excluding carboxylic acids is 2. The normalized spacial score (nSPS) is 11.5. The number of aromatic nitrogens is 1. The average molecular weight is 233 g/mol. The first-order valence-corrected chi connectivity index (χ1v) is 5.26. The zero-order chi connectivity index (χ0) is 12.7. The highest BCUT2D eigenvalue weighted by Crippen LogP contribution is 2.01. The Hall–Kier alpha value is -2.17. The second-order valence-electron chi connectivity index (χ2n) is 3.53. The summed E-state index contributed by atoms with van der Waals surface area (Å²) in [4.78, 5) is 26.7. The summed E-state index contributed by atoms with van der Waals surface area (Å²) in [5.41, 5.74) is 5.65. The molecule has 0 saturated carbocycles. The Morgan fingerprint density at radius 2 is 2.12 bits per heavy atom. The van der Waals surface area contributed by atoms with Crippen molar-refractivity contribution in [3.63, 3.8) is 0 Å². The van der Waals surface area contributed by atoms with Gasteiger partial charge in [-0.1, -0.05) is 6.08 Å². The molecular weight excluding hydrogens is 218 g/mol. The quantitative estimate of drug-likeness (QED) is 0.707. The summed E-state index contributed by atoms with van der Waals surface area (Å²) in [6.07, 6.45) is 5.77. The van der Waals surface area contributed by atoms with E-state index in [-0.39, 0.29) is 5.91 Å². The molecule has 1 rings (SSSR count). The summed E-state index contributed by atoms with van der Waals surface area (Å²) in [6, 6.07) is 2.47. The molecule has 90 valence electrons. The third-order valence-corrected chi connectivity index (χ3v) is 2.25. The smallest absolute Gasteiger partial charge is 0.252 e. The molecule has 5 heteroatoms. The van der Waals surface area contributed by atoms with Crippen LogP contribution in [-0.2, 0) is 4.79 Å². The van der Waals surface area contributed by atoms with E-state index in [4.69, 9.17) is 5.73 Å². The van der Waals surface area contributed by atoms with Gasteiger partial charge in [0, 0.05) is 18.0 Å². The lowest BCUT2D eigenvalue weighted by Gasteiger charge is -2.14. The summed E-state index contributed by atoms with van der Waals surface area (Å²) < 4.78 is 0. The van der Waals surface area contributed by atoms with Gasteiger partial charge >= 0.3 is 0 Å². The van der Waals surface area contributed by atoms with E-state index in [1.807, 2.05) is 0 Å². The van der Waals surface area contributed by atoms with Crippen LogP contribution in [0.1, 0.15) is 23.2 Å². The number of primary amides is 1. The van der Waals surface area contributed by atoms with E-state index in [2.05, 4.69) is 16.9 Å². The minimum atomic E-state index is -0.673. The molecule has 3 N–H and O–H groups in total. The third-order valence-electron chi connectivity index (χ3n) is 2.25. The zero-order valence-corrected chi connectivity index (χ0v) is 9.43. The molecule has 0 fully saturated rings. The molecule has 0 spiro atoms. The molecule has 1 atom stereocenters. The molecule has 1 aromatic rings. The number of carbonyl (C=O) groups is 2. The molecule has 0 unspecified atom stereocenters. The number of hydrogen-bond acceptors (Lipinski definition) is 3. The monoisotopic (exact) mass is 233 g/mol. The van der Waals surface area contributed by atoms with Gasteiger partial charge in [0.05, 0.1) is 0 Å². The van der Waals surface area contributed by atoms with Crippen LogP contribution in [0.2, 0.25) is 0 Å². The van der Waals surface area contributed by atoms with Crippen molar-refractivity contribution in [2.45, 2.75) is 18.9 Å². The molecule has 1 aromatic heterocycles. The minimum Gasteiger partial charge on any atom is -0.368 e. The van der Waals surface area contributed by atoms with Crippen LogP contribution in [0.3, 0.4) is 0 Å². The van der Waals surface area contributed by atoms with Crippen LogP contribution < -0.4 is 11.1 Å². The maximum atomic E-state index is 11.8. The van der Waals surface area contributed by atoms with Gasteiger partial charge in [-0.2, -0.15) is 0 Å². The lowest BCUT2D eigenvalue weighted by Crippen LogP contribution is -2.44. The van der Waals surface area contributed by atoms with E-state index in [1.54, 1.807) is 18.2 Å². The van der Waals surface area contributed by atoms with Gasteiger partial charge < -0.3 is 11.1 Å². The number of nitrogens with two attached hydrogens (primary N) is 1. The molecular formula is C12H15N3O2. The highest BCUT2D eigenvalue weighted by atomic mass is 16.2. The molecule has 0 aliphatic carbocycles. The number of nitrogens with zero attached hydrogens (tertiary/aromatic N) is 1. The number of nitrogens with one attached hydrogen (secondary N) is 1. The maximum absolute atomic E-state index is 11.8. The Morgan fingerprint density at radius 3 is 2.65 bits per heavy atom. The van der Waals surface area contributed by atoms with Crippen LogP contribution in [-0.4, -0.2) is 22.8 Å². The molecule has 0 bridgehead atoms. The molecule has 0 saturated heterocycles. The lowest BCUT2D eigenvalue weighted by molar-refractivity contribution is -0.119. The van der Waals surface area contributed by atoms with Gasteiger partial charge in [-0.05, 0) is 25.0 Å². The fraction of sp³-hybridized carbons (Fsp3) is 0.250. The van der Waals surface area contributed by atoms with Crippen molar-refractivity contribution in [3.05, 3.63) is 42.7 Å². The van der Waals surface area contributed by atoms with E-state index < -0.39 is 11.9 Å². The van der Waals surface area contributed by atoms with Crippen molar-refractivity contribution in [1.82, 2.24) is 10.3 Å². The predicted octanol–water partition coefficient (Wildman–Crippen LogP) is 0.631. The van der Waals surface area contributed by atoms with Crippen molar-refractivity contribution in [2.75, 3.05) is 0 Å². The molecule has 5 nitrogen and oxygen atoms in total. The fourth-order valence-corrected chi connectivity index (χ4v) is 1.31. The SMILES string of the molecule is C=CCC[C@H](NC(=O)c1ccncc1)C(N)=O. The predicted molar refractivity (Wildman–Crippen MR) is 64.1 cm³/mol. The average Bonchev–Trinajstić information content (AvgIpc) is 2.35. The zero-order valence-electron chi connectivity index (χ0n) is 9.43. The van der Waals surface area contributed by atoms with Crippen LogP contribution in [0, 0.1) is 0 Å². The van der Waals surface area contributed by atoms with Gasteiger partial charge in [-0.3, -0.25) is 14.6 Å². The van der Waals surface area contributed by atoms with Crippen molar-refractivity contribution >= 4 is 11.8 Å². The first-order chi connectivity index (χ1) is 8.15. The Labute approximate surface area is 99.7 Å². The van der Waals surface area contributed by atoms with Gasteiger partial charge in [0.15, 0.2) is 0 Å². The maximum Gasteiger partial charge on any atom is 0.252 e. The molecule has 2 amide bonds. The Balaban J connectivity index is 2.64. The highest BCUT2D eigenvalue weighted by molar-refractivity contribution is 5.97. The van der Waals surface area contributed by atoms with Gasteiger partial charge in [0.1, 0.15) is 6.04 Å². The van der Waals surface area contributed by atoms with Crippen LogP contribution >= 0.6 is 0 Å².